The zero-order valence-corrected chi connectivity index (χ0v) is 17.7. The molecule has 0 amide bonds. The van der Waals surface area contributed by atoms with Crippen LogP contribution in [0.2, 0.25) is 0 Å². The Bertz CT molecular complexity index is 1050. The lowest BCUT2D eigenvalue weighted by atomic mass is 9.74. The molecule has 0 radical (unpaired) electrons. The first kappa shape index (κ1) is 20.8. The number of carbonyl (C=O) groups is 1. The van der Waals surface area contributed by atoms with Crippen LogP contribution in [0.5, 0.6) is 11.5 Å². The summed E-state index contributed by atoms with van der Waals surface area (Å²) < 4.78 is 16.5. The number of hydrogen-bond acceptors (Lipinski definition) is 7. The number of ether oxygens (including phenoxy) is 3. The summed E-state index contributed by atoms with van der Waals surface area (Å²) in [6.07, 6.45) is 2.08. The number of rotatable bonds is 5. The molecule has 1 aliphatic heterocycles. The average Bonchev–Trinajstić information content (AvgIpc) is 2.77. The van der Waals surface area contributed by atoms with Gasteiger partial charge in [-0.25, -0.2) is 0 Å². The Morgan fingerprint density at radius 1 is 1.10 bits per heavy atom. The minimum atomic E-state index is -0.416. The molecule has 1 fully saturated rings. The molecule has 0 N–H and O–H groups in total. The van der Waals surface area contributed by atoms with E-state index in [-0.39, 0.29) is 29.7 Å². The standard InChI is InChI=1S/C23H24N2O6/c1-13(26)31-16-8-9-20-18(10-16)17-11-21(29-2)22(30-3)12-19(17)23(24-20)14-4-6-15(7-5-14)25(27)28/h4-7,11-12,16,18,20H,8-10H2,1-3H3. The van der Waals surface area contributed by atoms with Crippen molar-refractivity contribution in [3.05, 3.63) is 63.2 Å². The monoisotopic (exact) mass is 424 g/mol. The van der Waals surface area contributed by atoms with Gasteiger partial charge in [-0.1, -0.05) is 0 Å². The molecule has 1 heterocycles. The van der Waals surface area contributed by atoms with E-state index in [1.165, 1.54) is 19.1 Å². The maximum atomic E-state index is 11.5. The van der Waals surface area contributed by atoms with Crippen molar-refractivity contribution in [2.45, 2.75) is 44.2 Å². The SMILES string of the molecule is COc1cc2c(cc1OC)C1CC(OC(C)=O)CCC1N=C2c1ccc([N+](=O)[O-])cc1. The van der Waals surface area contributed by atoms with Gasteiger partial charge in [0.1, 0.15) is 6.10 Å². The van der Waals surface area contributed by atoms with Crippen molar-refractivity contribution in [3.63, 3.8) is 0 Å². The number of carbonyl (C=O) groups excluding carboxylic acids is 1. The lowest BCUT2D eigenvalue weighted by Gasteiger charge is -2.38. The first-order valence-electron chi connectivity index (χ1n) is 10.2. The van der Waals surface area contributed by atoms with Gasteiger partial charge in [-0.05, 0) is 49.1 Å². The highest BCUT2D eigenvalue weighted by atomic mass is 16.6. The molecule has 4 rings (SSSR count). The highest BCUT2D eigenvalue weighted by Crippen LogP contribution is 2.45. The lowest BCUT2D eigenvalue weighted by Crippen LogP contribution is -2.36. The van der Waals surface area contributed by atoms with Crippen molar-refractivity contribution >= 4 is 17.4 Å². The van der Waals surface area contributed by atoms with Crippen LogP contribution in [0.1, 0.15) is 48.8 Å². The largest absolute Gasteiger partial charge is 0.493 e. The summed E-state index contributed by atoms with van der Waals surface area (Å²) in [4.78, 5) is 27.2. The number of esters is 1. The molecule has 0 bridgehead atoms. The first-order chi connectivity index (χ1) is 14.9. The van der Waals surface area contributed by atoms with Gasteiger partial charge < -0.3 is 14.2 Å². The summed E-state index contributed by atoms with van der Waals surface area (Å²) in [5.41, 5.74) is 3.57. The van der Waals surface area contributed by atoms with Gasteiger partial charge in [0.05, 0.1) is 30.9 Å². The van der Waals surface area contributed by atoms with Gasteiger partial charge in [0.15, 0.2) is 11.5 Å². The van der Waals surface area contributed by atoms with Crippen molar-refractivity contribution in [1.82, 2.24) is 0 Å². The van der Waals surface area contributed by atoms with Crippen molar-refractivity contribution in [1.29, 1.82) is 0 Å². The number of nitro benzene ring substituents is 1. The molecule has 31 heavy (non-hydrogen) atoms. The second-order valence-corrected chi connectivity index (χ2v) is 7.79. The molecule has 1 aliphatic carbocycles. The van der Waals surface area contributed by atoms with Gasteiger partial charge in [0.2, 0.25) is 0 Å². The molecule has 3 atom stereocenters. The summed E-state index contributed by atoms with van der Waals surface area (Å²) in [5, 5.41) is 11.0. The fraction of sp³-hybridized carbons (Fsp3) is 0.391. The van der Waals surface area contributed by atoms with E-state index >= 15 is 0 Å². The number of aliphatic imine (C=N–C) groups is 1. The van der Waals surface area contributed by atoms with Crippen molar-refractivity contribution in [2.24, 2.45) is 4.99 Å². The van der Waals surface area contributed by atoms with Crippen LogP contribution in [0, 0.1) is 10.1 Å². The average molecular weight is 424 g/mol. The third-order valence-corrected chi connectivity index (χ3v) is 5.96. The zero-order chi connectivity index (χ0) is 22.1. The molecular weight excluding hydrogens is 400 g/mol. The summed E-state index contributed by atoms with van der Waals surface area (Å²) in [7, 11) is 3.17. The Balaban J connectivity index is 1.80. The minimum Gasteiger partial charge on any atom is -0.493 e. The highest BCUT2D eigenvalue weighted by molar-refractivity contribution is 6.15. The van der Waals surface area contributed by atoms with E-state index in [0.29, 0.717) is 17.9 Å². The fourth-order valence-electron chi connectivity index (χ4n) is 4.56. The van der Waals surface area contributed by atoms with Crippen LogP contribution in [-0.2, 0) is 9.53 Å². The van der Waals surface area contributed by atoms with E-state index in [9.17, 15) is 14.9 Å². The maximum absolute atomic E-state index is 11.5. The number of methoxy groups -OCH3 is 2. The third-order valence-electron chi connectivity index (χ3n) is 5.96. The molecule has 2 aromatic rings. The summed E-state index contributed by atoms with van der Waals surface area (Å²) in [6.45, 7) is 1.43. The molecule has 0 spiro atoms. The number of non-ortho nitro benzene ring substituents is 1. The number of nitrogens with zero attached hydrogens (tertiary/aromatic N) is 2. The second kappa shape index (κ2) is 8.37. The molecule has 1 saturated carbocycles. The predicted octanol–water partition coefficient (Wildman–Crippen LogP) is 4.03. The molecule has 3 unspecified atom stereocenters. The van der Waals surface area contributed by atoms with Crippen molar-refractivity contribution in [3.8, 4) is 11.5 Å². The molecule has 0 saturated heterocycles. The van der Waals surface area contributed by atoms with Gasteiger partial charge in [-0.2, -0.15) is 0 Å². The molecule has 162 valence electrons. The highest BCUT2D eigenvalue weighted by Gasteiger charge is 2.38. The molecule has 0 aromatic heterocycles. The van der Waals surface area contributed by atoms with Crippen LogP contribution in [0.25, 0.3) is 0 Å². The number of hydrogen-bond donors (Lipinski definition) is 0. The molecule has 2 aliphatic rings. The Hall–Kier alpha value is -3.42. The number of fused-ring (bicyclic) bond motifs is 3. The van der Waals surface area contributed by atoms with Gasteiger partial charge in [0.25, 0.3) is 5.69 Å². The minimum absolute atomic E-state index is 0.0302. The van der Waals surface area contributed by atoms with E-state index in [2.05, 4.69) is 0 Å². The van der Waals surface area contributed by atoms with E-state index < -0.39 is 4.92 Å². The lowest BCUT2D eigenvalue weighted by molar-refractivity contribution is -0.384. The normalized spacial score (nSPS) is 21.9. The van der Waals surface area contributed by atoms with Crippen LogP contribution in [0.15, 0.2) is 41.4 Å². The Morgan fingerprint density at radius 2 is 1.77 bits per heavy atom. The Morgan fingerprint density at radius 3 is 2.39 bits per heavy atom. The fourth-order valence-corrected chi connectivity index (χ4v) is 4.56. The maximum Gasteiger partial charge on any atom is 0.302 e. The summed E-state index contributed by atoms with van der Waals surface area (Å²) >= 11 is 0. The summed E-state index contributed by atoms with van der Waals surface area (Å²) in [5.74, 6) is 1.01. The number of benzene rings is 2. The Labute approximate surface area is 180 Å². The van der Waals surface area contributed by atoms with E-state index in [1.54, 1.807) is 26.4 Å². The van der Waals surface area contributed by atoms with Crippen LogP contribution >= 0.6 is 0 Å². The quantitative estimate of drug-likeness (QED) is 0.408. The second-order valence-electron chi connectivity index (χ2n) is 7.79. The van der Waals surface area contributed by atoms with Crippen molar-refractivity contribution in [2.75, 3.05) is 14.2 Å². The number of nitro groups is 1. The van der Waals surface area contributed by atoms with Gasteiger partial charge in [-0.15, -0.1) is 0 Å². The molecule has 2 aromatic carbocycles. The molecular formula is C23H24N2O6. The third kappa shape index (κ3) is 3.97. The van der Waals surface area contributed by atoms with Crippen LogP contribution < -0.4 is 9.47 Å². The van der Waals surface area contributed by atoms with Gasteiger partial charge in [0, 0.05) is 36.1 Å². The van der Waals surface area contributed by atoms with Crippen LogP contribution in [0.4, 0.5) is 5.69 Å². The Kier molecular flexibility index (Phi) is 5.63. The van der Waals surface area contributed by atoms with Crippen LogP contribution in [-0.4, -0.2) is 43.0 Å². The first-order valence-corrected chi connectivity index (χ1v) is 10.2. The summed E-state index contributed by atoms with van der Waals surface area (Å²) in [6, 6.07) is 10.3. The van der Waals surface area contributed by atoms with Gasteiger partial charge in [-0.3, -0.25) is 19.9 Å². The van der Waals surface area contributed by atoms with E-state index in [4.69, 9.17) is 19.2 Å². The molecule has 8 heteroatoms. The van der Waals surface area contributed by atoms with Crippen LogP contribution in [0.3, 0.4) is 0 Å². The predicted molar refractivity (Wildman–Crippen MR) is 114 cm³/mol. The van der Waals surface area contributed by atoms with E-state index in [1.807, 2.05) is 12.1 Å². The van der Waals surface area contributed by atoms with Gasteiger partial charge >= 0.3 is 5.97 Å². The van der Waals surface area contributed by atoms with E-state index in [0.717, 1.165) is 35.2 Å². The smallest absolute Gasteiger partial charge is 0.302 e. The molecule has 8 nitrogen and oxygen atoms in total. The zero-order valence-electron chi connectivity index (χ0n) is 17.7. The topological polar surface area (TPSA) is 100 Å². The van der Waals surface area contributed by atoms with Crippen molar-refractivity contribution < 1.29 is 23.9 Å².